The predicted molar refractivity (Wildman–Crippen MR) is 109 cm³/mol. The van der Waals surface area contributed by atoms with E-state index in [4.69, 9.17) is 4.74 Å². The van der Waals surface area contributed by atoms with Crippen LogP contribution in [0.1, 0.15) is 22.3 Å². The first-order chi connectivity index (χ1) is 12.7. The van der Waals surface area contributed by atoms with Crippen molar-refractivity contribution in [2.24, 2.45) is 0 Å². The number of halogens is 1. The Morgan fingerprint density at radius 2 is 1.69 bits per heavy atom. The Labute approximate surface area is 162 Å². The molecule has 0 atom stereocenters. The Hall–Kier alpha value is -2.59. The van der Waals surface area contributed by atoms with Gasteiger partial charge in [0.05, 0.1) is 12.2 Å². The van der Waals surface area contributed by atoms with Gasteiger partial charge in [-0.3, -0.25) is 4.79 Å². The second-order valence-electron chi connectivity index (χ2n) is 5.90. The number of carbonyl (C=O) groups excluding carboxylic acids is 1. The fourth-order valence-corrected chi connectivity index (χ4v) is 3.08. The monoisotopic (exact) mass is 409 g/mol. The van der Waals surface area contributed by atoms with Crippen LogP contribution in [0.3, 0.4) is 0 Å². The molecule has 0 heterocycles. The van der Waals surface area contributed by atoms with Crippen LogP contribution in [0.5, 0.6) is 5.75 Å². The topological polar surface area (TPSA) is 38.3 Å². The molecule has 0 fully saturated rings. The van der Waals surface area contributed by atoms with Gasteiger partial charge in [0.1, 0.15) is 5.75 Å². The second-order valence-corrected chi connectivity index (χ2v) is 6.75. The Kier molecular flexibility index (Phi) is 6.45. The summed E-state index contributed by atoms with van der Waals surface area (Å²) < 4.78 is 6.59. The van der Waals surface area contributed by atoms with Crippen molar-refractivity contribution in [2.75, 3.05) is 11.9 Å². The van der Waals surface area contributed by atoms with Gasteiger partial charge in [-0.15, -0.1) is 0 Å². The quantitative estimate of drug-likeness (QED) is 0.507. The summed E-state index contributed by atoms with van der Waals surface area (Å²) in [5.74, 6) is 0.599. The highest BCUT2D eigenvalue weighted by Gasteiger charge is 2.09. The lowest BCUT2D eigenvalue weighted by Gasteiger charge is -2.10. The molecule has 1 amide bonds. The molecular formula is C22H20BrNO2. The SMILES string of the molecule is O=C(Nc1cccc(OCCCc2ccccc2)c1)c1ccccc1Br. The molecule has 0 aliphatic heterocycles. The Balaban J connectivity index is 1.53. The minimum atomic E-state index is -0.154. The average Bonchev–Trinajstić information content (AvgIpc) is 2.67. The molecule has 0 aliphatic rings. The summed E-state index contributed by atoms with van der Waals surface area (Å²) >= 11 is 3.40. The Bertz CT molecular complexity index is 865. The fourth-order valence-electron chi connectivity index (χ4n) is 2.62. The summed E-state index contributed by atoms with van der Waals surface area (Å²) in [7, 11) is 0. The molecule has 0 radical (unpaired) electrons. The first-order valence-corrected chi connectivity index (χ1v) is 9.34. The van der Waals surface area contributed by atoms with Gasteiger partial charge in [0.2, 0.25) is 0 Å². The molecule has 3 nitrogen and oxygen atoms in total. The van der Waals surface area contributed by atoms with Crippen molar-refractivity contribution in [3.8, 4) is 5.75 Å². The Morgan fingerprint density at radius 3 is 2.50 bits per heavy atom. The van der Waals surface area contributed by atoms with E-state index in [2.05, 4.69) is 33.4 Å². The van der Waals surface area contributed by atoms with E-state index in [1.165, 1.54) is 5.56 Å². The maximum Gasteiger partial charge on any atom is 0.256 e. The smallest absolute Gasteiger partial charge is 0.256 e. The van der Waals surface area contributed by atoms with Crippen molar-refractivity contribution >= 4 is 27.5 Å². The lowest BCUT2D eigenvalue weighted by Crippen LogP contribution is -2.12. The number of hydrogen-bond donors (Lipinski definition) is 1. The van der Waals surface area contributed by atoms with Crippen LogP contribution in [0.25, 0.3) is 0 Å². The van der Waals surface area contributed by atoms with E-state index in [1.54, 1.807) is 6.07 Å². The lowest BCUT2D eigenvalue weighted by molar-refractivity contribution is 0.102. The molecule has 0 saturated carbocycles. The van der Waals surface area contributed by atoms with Crippen LogP contribution in [0, 0.1) is 0 Å². The first kappa shape index (κ1) is 18.2. The number of carbonyl (C=O) groups is 1. The first-order valence-electron chi connectivity index (χ1n) is 8.55. The molecule has 0 aromatic heterocycles. The molecular weight excluding hydrogens is 390 g/mol. The van der Waals surface area contributed by atoms with Gasteiger partial charge in [0, 0.05) is 16.2 Å². The fraction of sp³-hybridized carbons (Fsp3) is 0.136. The number of amides is 1. The highest BCUT2D eigenvalue weighted by atomic mass is 79.9. The molecule has 26 heavy (non-hydrogen) atoms. The number of benzene rings is 3. The van der Waals surface area contributed by atoms with E-state index in [9.17, 15) is 4.79 Å². The minimum Gasteiger partial charge on any atom is -0.494 e. The molecule has 0 aliphatic carbocycles. The van der Waals surface area contributed by atoms with Crippen molar-refractivity contribution in [2.45, 2.75) is 12.8 Å². The highest BCUT2D eigenvalue weighted by Crippen LogP contribution is 2.21. The predicted octanol–water partition coefficient (Wildman–Crippen LogP) is 5.71. The van der Waals surface area contributed by atoms with E-state index >= 15 is 0 Å². The molecule has 4 heteroatoms. The molecule has 132 valence electrons. The van der Waals surface area contributed by atoms with Gasteiger partial charge >= 0.3 is 0 Å². The standard InChI is InChI=1S/C22H20BrNO2/c23-21-14-5-4-13-20(21)22(25)24-18-11-6-12-19(16-18)26-15-7-10-17-8-2-1-3-9-17/h1-6,8-9,11-14,16H,7,10,15H2,(H,24,25). The van der Waals surface area contributed by atoms with Crippen LogP contribution < -0.4 is 10.1 Å². The molecule has 3 aromatic carbocycles. The van der Waals surface area contributed by atoms with E-state index < -0.39 is 0 Å². The van der Waals surface area contributed by atoms with Crippen molar-refractivity contribution in [1.29, 1.82) is 0 Å². The van der Waals surface area contributed by atoms with Crippen LogP contribution >= 0.6 is 15.9 Å². The van der Waals surface area contributed by atoms with Gasteiger partial charge in [-0.25, -0.2) is 0 Å². The van der Waals surface area contributed by atoms with Gasteiger partial charge in [0.25, 0.3) is 5.91 Å². The molecule has 3 rings (SSSR count). The van der Waals surface area contributed by atoms with Crippen molar-refractivity contribution in [3.05, 3.63) is 94.5 Å². The van der Waals surface area contributed by atoms with Crippen LogP contribution in [0.15, 0.2) is 83.3 Å². The zero-order valence-electron chi connectivity index (χ0n) is 14.3. The maximum atomic E-state index is 12.4. The number of ether oxygens (including phenoxy) is 1. The zero-order valence-corrected chi connectivity index (χ0v) is 15.9. The van der Waals surface area contributed by atoms with Crippen LogP contribution in [-0.2, 0) is 6.42 Å². The maximum absolute atomic E-state index is 12.4. The summed E-state index contributed by atoms with van der Waals surface area (Å²) in [5.41, 5.74) is 2.62. The summed E-state index contributed by atoms with van der Waals surface area (Å²) in [6, 6.07) is 25.2. The van der Waals surface area contributed by atoms with E-state index in [1.807, 2.05) is 60.7 Å². The summed E-state index contributed by atoms with van der Waals surface area (Å²) in [6.07, 6.45) is 1.93. The number of rotatable bonds is 7. The third-order valence-corrected chi connectivity index (χ3v) is 4.62. The zero-order chi connectivity index (χ0) is 18.2. The lowest BCUT2D eigenvalue weighted by atomic mass is 10.1. The molecule has 0 saturated heterocycles. The Morgan fingerprint density at radius 1 is 0.923 bits per heavy atom. The summed E-state index contributed by atoms with van der Waals surface area (Å²) in [4.78, 5) is 12.4. The third-order valence-electron chi connectivity index (χ3n) is 3.93. The molecule has 0 unspecified atom stereocenters. The van der Waals surface area contributed by atoms with E-state index in [0.29, 0.717) is 17.9 Å². The van der Waals surface area contributed by atoms with Crippen molar-refractivity contribution < 1.29 is 9.53 Å². The van der Waals surface area contributed by atoms with Gasteiger partial charge in [-0.05, 0) is 58.6 Å². The average molecular weight is 410 g/mol. The van der Waals surface area contributed by atoms with Crippen LogP contribution in [-0.4, -0.2) is 12.5 Å². The minimum absolute atomic E-state index is 0.154. The van der Waals surface area contributed by atoms with Gasteiger partial charge in [-0.2, -0.15) is 0 Å². The van der Waals surface area contributed by atoms with Gasteiger partial charge in [-0.1, -0.05) is 48.5 Å². The molecule has 0 bridgehead atoms. The van der Waals surface area contributed by atoms with Gasteiger partial charge in [0.15, 0.2) is 0 Å². The van der Waals surface area contributed by atoms with E-state index in [-0.39, 0.29) is 5.91 Å². The van der Waals surface area contributed by atoms with Gasteiger partial charge < -0.3 is 10.1 Å². The third kappa shape index (κ3) is 5.20. The largest absolute Gasteiger partial charge is 0.494 e. The number of hydrogen-bond acceptors (Lipinski definition) is 2. The number of aryl methyl sites for hydroxylation is 1. The number of nitrogens with one attached hydrogen (secondary N) is 1. The van der Waals surface area contributed by atoms with Crippen LogP contribution in [0.4, 0.5) is 5.69 Å². The van der Waals surface area contributed by atoms with Crippen molar-refractivity contribution in [1.82, 2.24) is 0 Å². The second kappa shape index (κ2) is 9.20. The number of anilines is 1. The highest BCUT2D eigenvalue weighted by molar-refractivity contribution is 9.10. The van der Waals surface area contributed by atoms with E-state index in [0.717, 1.165) is 23.1 Å². The molecule has 0 spiro atoms. The molecule has 3 aromatic rings. The normalized spacial score (nSPS) is 10.3. The summed E-state index contributed by atoms with van der Waals surface area (Å²) in [5, 5.41) is 2.91. The summed E-state index contributed by atoms with van der Waals surface area (Å²) in [6.45, 7) is 0.635. The van der Waals surface area contributed by atoms with Crippen molar-refractivity contribution in [3.63, 3.8) is 0 Å². The molecule has 1 N–H and O–H groups in total. The van der Waals surface area contributed by atoms with Crippen LogP contribution in [0.2, 0.25) is 0 Å².